The maximum atomic E-state index is 15.9. The van der Waals surface area contributed by atoms with Crippen LogP contribution in [0, 0.1) is 11.6 Å². The van der Waals surface area contributed by atoms with Crippen LogP contribution >= 0.6 is 0 Å². The minimum absolute atomic E-state index is 0.139. The number of carbonyl (C=O) groups excluding carboxylic acids is 1. The predicted molar refractivity (Wildman–Crippen MR) is 134 cm³/mol. The van der Waals surface area contributed by atoms with E-state index in [2.05, 4.69) is 40.4 Å². The van der Waals surface area contributed by atoms with Crippen molar-refractivity contribution in [1.29, 1.82) is 0 Å². The molecule has 0 aliphatic carbocycles. The number of fused-ring (bicyclic) bond motifs is 2. The summed E-state index contributed by atoms with van der Waals surface area (Å²) in [7, 11) is 0. The second-order valence-corrected chi connectivity index (χ2v) is 8.30. The van der Waals surface area contributed by atoms with Crippen molar-refractivity contribution in [1.82, 2.24) is 35.1 Å². The number of halogens is 2. The number of aromatic amines is 2. The quantitative estimate of drug-likeness (QED) is 0.299. The predicted octanol–water partition coefficient (Wildman–Crippen LogP) is 5.25. The second-order valence-electron chi connectivity index (χ2n) is 8.30. The van der Waals surface area contributed by atoms with Gasteiger partial charge in [0.1, 0.15) is 22.8 Å². The lowest BCUT2D eigenvalue weighted by Gasteiger charge is -2.07. The maximum absolute atomic E-state index is 15.9. The van der Waals surface area contributed by atoms with Gasteiger partial charge in [-0.1, -0.05) is 19.1 Å². The molecule has 5 heterocycles. The van der Waals surface area contributed by atoms with E-state index in [1.54, 1.807) is 37.4 Å². The molecule has 37 heavy (non-hydrogen) atoms. The average Bonchev–Trinajstić information content (AvgIpc) is 3.53. The van der Waals surface area contributed by atoms with E-state index >= 15 is 4.39 Å². The molecule has 0 saturated heterocycles. The summed E-state index contributed by atoms with van der Waals surface area (Å²) in [6.07, 6.45) is 6.25. The number of pyridine rings is 3. The van der Waals surface area contributed by atoms with Gasteiger partial charge in [0.2, 0.25) is 5.91 Å². The van der Waals surface area contributed by atoms with E-state index in [4.69, 9.17) is 0 Å². The molecule has 0 saturated carbocycles. The molecule has 0 fully saturated rings. The van der Waals surface area contributed by atoms with Crippen LogP contribution in [0.4, 0.5) is 14.5 Å². The van der Waals surface area contributed by atoms with Crippen LogP contribution in [0.15, 0.2) is 61.2 Å². The van der Waals surface area contributed by atoms with Gasteiger partial charge >= 0.3 is 0 Å². The number of aromatic nitrogens is 7. The lowest BCUT2D eigenvalue weighted by molar-refractivity contribution is -0.115. The Labute approximate surface area is 208 Å². The minimum atomic E-state index is -0.571. The van der Waals surface area contributed by atoms with Gasteiger partial charge in [-0.2, -0.15) is 5.10 Å². The first-order valence-corrected chi connectivity index (χ1v) is 11.4. The van der Waals surface area contributed by atoms with Crippen molar-refractivity contribution in [2.24, 2.45) is 0 Å². The molecule has 182 valence electrons. The Morgan fingerprint density at radius 1 is 1.05 bits per heavy atom. The van der Waals surface area contributed by atoms with E-state index in [-0.39, 0.29) is 28.3 Å². The lowest BCUT2D eigenvalue weighted by atomic mass is 10.1. The number of imidazole rings is 1. The zero-order valence-corrected chi connectivity index (χ0v) is 19.4. The van der Waals surface area contributed by atoms with Gasteiger partial charge in [0.15, 0.2) is 11.5 Å². The van der Waals surface area contributed by atoms with Gasteiger partial charge in [0, 0.05) is 41.7 Å². The van der Waals surface area contributed by atoms with Gasteiger partial charge < -0.3 is 10.3 Å². The van der Waals surface area contributed by atoms with E-state index in [0.717, 1.165) is 0 Å². The molecule has 5 aromatic heterocycles. The van der Waals surface area contributed by atoms with Crippen LogP contribution in [0.25, 0.3) is 56.0 Å². The Morgan fingerprint density at radius 3 is 2.78 bits per heavy atom. The number of amides is 1. The third-order valence-corrected chi connectivity index (χ3v) is 5.91. The van der Waals surface area contributed by atoms with E-state index < -0.39 is 5.82 Å². The Kier molecular flexibility index (Phi) is 5.37. The monoisotopic (exact) mass is 496 g/mol. The van der Waals surface area contributed by atoms with Crippen molar-refractivity contribution in [2.75, 3.05) is 5.32 Å². The van der Waals surface area contributed by atoms with Gasteiger partial charge in [0.25, 0.3) is 0 Å². The molecule has 9 nitrogen and oxygen atoms in total. The van der Waals surface area contributed by atoms with E-state index in [9.17, 15) is 9.18 Å². The number of hydrogen-bond acceptors (Lipinski definition) is 6. The van der Waals surface area contributed by atoms with Crippen molar-refractivity contribution in [3.63, 3.8) is 0 Å². The Hall–Kier alpha value is -5.06. The molecule has 0 aliphatic rings. The molecule has 6 aromatic rings. The SMILES string of the molecule is CCC(=O)Nc1cncc(-c2cnc3n[nH]c(-c4nc5c(-c6cccc(F)c6)nccc5[nH]4)c3c2F)c1. The molecule has 0 bridgehead atoms. The van der Waals surface area contributed by atoms with Gasteiger partial charge in [-0.05, 0) is 24.3 Å². The van der Waals surface area contributed by atoms with Gasteiger partial charge in [0.05, 0.1) is 28.5 Å². The molecule has 1 aromatic carbocycles. The van der Waals surface area contributed by atoms with E-state index in [1.807, 2.05) is 0 Å². The number of benzene rings is 1. The first kappa shape index (κ1) is 22.4. The highest BCUT2D eigenvalue weighted by molar-refractivity contribution is 5.97. The second kappa shape index (κ2) is 8.86. The normalized spacial score (nSPS) is 11.3. The number of nitrogens with one attached hydrogen (secondary N) is 3. The summed E-state index contributed by atoms with van der Waals surface area (Å²) in [6.45, 7) is 1.74. The molecular formula is C26H18F2N8O. The zero-order chi connectivity index (χ0) is 25.5. The first-order chi connectivity index (χ1) is 18.0. The Morgan fingerprint density at radius 2 is 1.95 bits per heavy atom. The fourth-order valence-electron chi connectivity index (χ4n) is 4.13. The van der Waals surface area contributed by atoms with Crippen molar-refractivity contribution < 1.29 is 13.6 Å². The fraction of sp³-hybridized carbons (Fsp3) is 0.0769. The first-order valence-electron chi connectivity index (χ1n) is 11.4. The van der Waals surface area contributed by atoms with Gasteiger partial charge in [-0.15, -0.1) is 0 Å². The fourth-order valence-corrected chi connectivity index (χ4v) is 4.13. The highest BCUT2D eigenvalue weighted by Crippen LogP contribution is 2.34. The number of carbonyl (C=O) groups is 1. The summed E-state index contributed by atoms with van der Waals surface area (Å²) < 4.78 is 29.8. The number of rotatable bonds is 5. The topological polar surface area (TPSA) is 125 Å². The number of nitrogens with zero attached hydrogens (tertiary/aromatic N) is 5. The van der Waals surface area contributed by atoms with Crippen LogP contribution in [0.2, 0.25) is 0 Å². The van der Waals surface area contributed by atoms with Gasteiger partial charge in [-0.25, -0.2) is 18.7 Å². The summed E-state index contributed by atoms with van der Waals surface area (Å²) in [5.41, 5.74) is 3.74. The van der Waals surface area contributed by atoms with Crippen LogP contribution in [-0.4, -0.2) is 41.0 Å². The summed E-state index contributed by atoms with van der Waals surface area (Å²) in [4.78, 5) is 32.4. The third-order valence-electron chi connectivity index (χ3n) is 5.91. The molecule has 0 atom stereocenters. The molecule has 6 rings (SSSR count). The van der Waals surface area contributed by atoms with Crippen molar-refractivity contribution >= 4 is 33.7 Å². The smallest absolute Gasteiger partial charge is 0.224 e. The van der Waals surface area contributed by atoms with Crippen LogP contribution in [0.3, 0.4) is 0 Å². The number of anilines is 1. The largest absolute Gasteiger partial charge is 0.337 e. The van der Waals surface area contributed by atoms with Crippen molar-refractivity contribution in [2.45, 2.75) is 13.3 Å². The summed E-state index contributed by atoms with van der Waals surface area (Å²) in [6, 6.07) is 9.43. The molecule has 0 aliphatic heterocycles. The number of hydrogen-bond donors (Lipinski definition) is 3. The van der Waals surface area contributed by atoms with Crippen molar-refractivity contribution in [3.8, 4) is 33.9 Å². The third kappa shape index (κ3) is 3.96. The summed E-state index contributed by atoms with van der Waals surface area (Å²) >= 11 is 0. The van der Waals surface area contributed by atoms with Gasteiger partial charge in [-0.3, -0.25) is 19.9 Å². The summed E-state index contributed by atoms with van der Waals surface area (Å²) in [5.74, 6) is -0.816. The summed E-state index contributed by atoms with van der Waals surface area (Å²) in [5, 5.41) is 9.83. The standard InChI is InChI=1S/C26H18F2N8O/c1-2-19(37)32-16-9-14(10-29-11-16)17-12-31-25-20(21(17)28)24(35-36-25)26-33-18-6-7-30-22(23(18)34-26)13-4-3-5-15(27)8-13/h3-12H,2H2,1H3,(H,32,37)(H,33,34)(H,31,35,36). The molecule has 0 unspecified atom stereocenters. The Balaban J connectivity index is 1.47. The molecule has 1 amide bonds. The lowest BCUT2D eigenvalue weighted by Crippen LogP contribution is -2.09. The molecule has 0 spiro atoms. The minimum Gasteiger partial charge on any atom is -0.337 e. The highest BCUT2D eigenvalue weighted by atomic mass is 19.1. The number of H-pyrrole nitrogens is 2. The molecule has 0 radical (unpaired) electrons. The van der Waals surface area contributed by atoms with Crippen LogP contribution in [0.5, 0.6) is 0 Å². The van der Waals surface area contributed by atoms with Crippen LogP contribution in [0.1, 0.15) is 13.3 Å². The van der Waals surface area contributed by atoms with Crippen LogP contribution < -0.4 is 5.32 Å². The zero-order valence-electron chi connectivity index (χ0n) is 19.4. The van der Waals surface area contributed by atoms with E-state index in [1.165, 1.54) is 30.7 Å². The molecule has 11 heteroatoms. The van der Waals surface area contributed by atoms with Crippen molar-refractivity contribution in [3.05, 3.63) is 72.8 Å². The molecular weight excluding hydrogens is 478 g/mol. The highest BCUT2D eigenvalue weighted by Gasteiger charge is 2.21. The maximum Gasteiger partial charge on any atom is 0.224 e. The Bertz CT molecular complexity index is 1810. The molecule has 3 N–H and O–H groups in total. The van der Waals surface area contributed by atoms with E-state index in [0.29, 0.717) is 51.5 Å². The van der Waals surface area contributed by atoms with Crippen LogP contribution in [-0.2, 0) is 4.79 Å². The average molecular weight is 496 g/mol.